The van der Waals surface area contributed by atoms with Crippen LogP contribution in [0.25, 0.3) is 0 Å². The lowest BCUT2D eigenvalue weighted by atomic mass is 9.74. The summed E-state index contributed by atoms with van der Waals surface area (Å²) in [7, 11) is 0. The second-order valence-corrected chi connectivity index (χ2v) is 6.37. The highest BCUT2D eigenvalue weighted by Gasteiger charge is 2.34. The van der Waals surface area contributed by atoms with E-state index < -0.39 is 6.10 Å². The second-order valence-electron chi connectivity index (χ2n) is 6.37. The van der Waals surface area contributed by atoms with Gasteiger partial charge in [-0.05, 0) is 37.0 Å². The Morgan fingerprint density at radius 1 is 1.17 bits per heavy atom. The summed E-state index contributed by atoms with van der Waals surface area (Å²) in [6.07, 6.45) is 1.81. The predicted molar refractivity (Wildman–Crippen MR) is 72.1 cm³/mol. The third-order valence-corrected chi connectivity index (χ3v) is 4.33. The minimum atomic E-state index is -0.493. The number of carbonyl (C=O) groups is 1. The number of rotatable bonds is 4. The van der Waals surface area contributed by atoms with Gasteiger partial charge in [0, 0.05) is 0 Å². The summed E-state index contributed by atoms with van der Waals surface area (Å²) in [5.74, 6) is 1.48. The fraction of sp³-hybridized carbons (Fsp3) is 0.933. The SMILES string of the molecule is CC(C)C(=O)O[C@@H]1CCC(C(C)C(C)C)CC1O. The highest BCUT2D eigenvalue weighted by molar-refractivity contribution is 5.71. The molecule has 3 unspecified atom stereocenters. The number of aliphatic hydroxyl groups is 1. The molecule has 0 aromatic carbocycles. The molecule has 0 radical (unpaired) electrons. The third-order valence-electron chi connectivity index (χ3n) is 4.33. The van der Waals surface area contributed by atoms with Crippen LogP contribution in [0.4, 0.5) is 0 Å². The lowest BCUT2D eigenvalue weighted by Gasteiger charge is -2.37. The molecule has 18 heavy (non-hydrogen) atoms. The molecule has 3 heteroatoms. The van der Waals surface area contributed by atoms with Crippen LogP contribution in [-0.2, 0) is 9.53 Å². The summed E-state index contributed by atoms with van der Waals surface area (Å²) in [4.78, 5) is 11.5. The van der Waals surface area contributed by atoms with Crippen LogP contribution in [0.5, 0.6) is 0 Å². The van der Waals surface area contributed by atoms with Crippen molar-refractivity contribution in [3.63, 3.8) is 0 Å². The van der Waals surface area contributed by atoms with Crippen molar-refractivity contribution in [2.24, 2.45) is 23.7 Å². The molecule has 1 fully saturated rings. The molecule has 1 saturated carbocycles. The Balaban J connectivity index is 2.49. The van der Waals surface area contributed by atoms with Crippen molar-refractivity contribution in [3.8, 4) is 0 Å². The lowest BCUT2D eigenvalue weighted by Crippen LogP contribution is -2.40. The Morgan fingerprint density at radius 2 is 1.78 bits per heavy atom. The molecule has 0 aromatic heterocycles. The first-order valence-electron chi connectivity index (χ1n) is 7.21. The van der Waals surface area contributed by atoms with Crippen molar-refractivity contribution >= 4 is 5.97 Å². The van der Waals surface area contributed by atoms with Crippen LogP contribution in [0, 0.1) is 23.7 Å². The Kier molecular flexibility index (Phi) is 5.64. The average Bonchev–Trinajstić information content (AvgIpc) is 2.30. The van der Waals surface area contributed by atoms with E-state index in [1.54, 1.807) is 0 Å². The Hall–Kier alpha value is -0.570. The molecule has 4 atom stereocenters. The minimum absolute atomic E-state index is 0.121. The van der Waals surface area contributed by atoms with Crippen LogP contribution in [0.2, 0.25) is 0 Å². The number of ether oxygens (including phenoxy) is 1. The molecular weight excluding hydrogens is 228 g/mol. The zero-order valence-electron chi connectivity index (χ0n) is 12.3. The van der Waals surface area contributed by atoms with Gasteiger partial charge in [0.1, 0.15) is 6.10 Å². The second kappa shape index (κ2) is 6.55. The first kappa shape index (κ1) is 15.5. The lowest BCUT2D eigenvalue weighted by molar-refractivity contribution is -0.163. The van der Waals surface area contributed by atoms with Gasteiger partial charge in [0.2, 0.25) is 0 Å². The van der Waals surface area contributed by atoms with E-state index in [-0.39, 0.29) is 18.0 Å². The van der Waals surface area contributed by atoms with Gasteiger partial charge in [-0.25, -0.2) is 0 Å². The maximum atomic E-state index is 11.5. The summed E-state index contributed by atoms with van der Waals surface area (Å²) in [5, 5.41) is 10.1. The Bertz CT molecular complexity index is 273. The number of esters is 1. The molecule has 1 aliphatic carbocycles. The summed E-state index contributed by atoms with van der Waals surface area (Å²) < 4.78 is 5.36. The van der Waals surface area contributed by atoms with Crippen molar-refractivity contribution in [2.45, 2.75) is 66.1 Å². The van der Waals surface area contributed by atoms with E-state index in [0.29, 0.717) is 17.8 Å². The van der Waals surface area contributed by atoms with E-state index >= 15 is 0 Å². The molecule has 1 rings (SSSR count). The van der Waals surface area contributed by atoms with Gasteiger partial charge < -0.3 is 9.84 Å². The standard InChI is InChI=1S/C15H28O3/c1-9(2)11(5)12-6-7-14(13(16)8-12)18-15(17)10(3)4/h9-14,16H,6-8H2,1-5H3/t11?,12?,13?,14-/m1/s1. The van der Waals surface area contributed by atoms with E-state index in [2.05, 4.69) is 20.8 Å². The van der Waals surface area contributed by atoms with Crippen LogP contribution in [0.1, 0.15) is 53.9 Å². The van der Waals surface area contributed by atoms with Gasteiger partial charge in [0.05, 0.1) is 12.0 Å². The van der Waals surface area contributed by atoms with Gasteiger partial charge in [0.25, 0.3) is 0 Å². The summed E-state index contributed by atoms with van der Waals surface area (Å²) in [6.45, 7) is 10.3. The van der Waals surface area contributed by atoms with E-state index in [4.69, 9.17) is 4.74 Å². The van der Waals surface area contributed by atoms with Crippen molar-refractivity contribution in [1.29, 1.82) is 0 Å². The molecular formula is C15H28O3. The molecule has 1 N–H and O–H groups in total. The number of hydrogen-bond acceptors (Lipinski definition) is 3. The Morgan fingerprint density at radius 3 is 2.22 bits per heavy atom. The van der Waals surface area contributed by atoms with Gasteiger partial charge in [0.15, 0.2) is 0 Å². The Labute approximate surface area is 111 Å². The van der Waals surface area contributed by atoms with Crippen LogP contribution in [0.3, 0.4) is 0 Å². The molecule has 3 nitrogen and oxygen atoms in total. The van der Waals surface area contributed by atoms with Crippen molar-refractivity contribution in [1.82, 2.24) is 0 Å². The molecule has 0 aromatic rings. The molecule has 0 heterocycles. The fourth-order valence-corrected chi connectivity index (χ4v) is 2.60. The summed E-state index contributed by atoms with van der Waals surface area (Å²) in [5.41, 5.74) is 0. The third kappa shape index (κ3) is 3.98. The largest absolute Gasteiger partial charge is 0.459 e. The number of carbonyl (C=O) groups excluding carboxylic acids is 1. The average molecular weight is 256 g/mol. The molecule has 106 valence electrons. The zero-order chi connectivity index (χ0) is 13.9. The highest BCUT2D eigenvalue weighted by Crippen LogP contribution is 2.35. The monoisotopic (exact) mass is 256 g/mol. The zero-order valence-corrected chi connectivity index (χ0v) is 12.3. The van der Waals surface area contributed by atoms with Gasteiger partial charge in [-0.2, -0.15) is 0 Å². The first-order chi connectivity index (χ1) is 8.32. The van der Waals surface area contributed by atoms with Gasteiger partial charge in [-0.3, -0.25) is 4.79 Å². The number of aliphatic hydroxyl groups excluding tert-OH is 1. The van der Waals surface area contributed by atoms with Crippen LogP contribution >= 0.6 is 0 Å². The highest BCUT2D eigenvalue weighted by atomic mass is 16.6. The smallest absolute Gasteiger partial charge is 0.308 e. The maximum absolute atomic E-state index is 11.5. The topological polar surface area (TPSA) is 46.5 Å². The molecule has 0 saturated heterocycles. The fourth-order valence-electron chi connectivity index (χ4n) is 2.60. The van der Waals surface area contributed by atoms with E-state index in [9.17, 15) is 9.90 Å². The van der Waals surface area contributed by atoms with Crippen LogP contribution in [0.15, 0.2) is 0 Å². The molecule has 0 spiro atoms. The molecule has 0 aliphatic heterocycles. The summed E-state index contributed by atoms with van der Waals surface area (Å²) in [6, 6.07) is 0. The molecule has 0 bridgehead atoms. The van der Waals surface area contributed by atoms with E-state index in [0.717, 1.165) is 19.3 Å². The number of hydrogen-bond donors (Lipinski definition) is 1. The van der Waals surface area contributed by atoms with Crippen molar-refractivity contribution < 1.29 is 14.6 Å². The maximum Gasteiger partial charge on any atom is 0.308 e. The van der Waals surface area contributed by atoms with Crippen molar-refractivity contribution in [2.75, 3.05) is 0 Å². The summed E-state index contributed by atoms with van der Waals surface area (Å²) >= 11 is 0. The normalized spacial score (nSPS) is 30.6. The van der Waals surface area contributed by atoms with E-state index in [1.165, 1.54) is 0 Å². The van der Waals surface area contributed by atoms with Gasteiger partial charge in [-0.1, -0.05) is 34.6 Å². The van der Waals surface area contributed by atoms with E-state index in [1.807, 2.05) is 13.8 Å². The predicted octanol–water partition coefficient (Wildman–Crippen LogP) is 3.01. The van der Waals surface area contributed by atoms with Gasteiger partial charge in [-0.15, -0.1) is 0 Å². The van der Waals surface area contributed by atoms with Gasteiger partial charge >= 0.3 is 5.97 Å². The molecule has 0 amide bonds. The minimum Gasteiger partial charge on any atom is -0.459 e. The first-order valence-corrected chi connectivity index (χ1v) is 7.21. The van der Waals surface area contributed by atoms with Crippen LogP contribution in [-0.4, -0.2) is 23.3 Å². The quantitative estimate of drug-likeness (QED) is 0.786. The van der Waals surface area contributed by atoms with Crippen molar-refractivity contribution in [3.05, 3.63) is 0 Å². The molecule has 1 aliphatic rings. The van der Waals surface area contributed by atoms with Crippen LogP contribution < -0.4 is 0 Å².